The van der Waals surface area contributed by atoms with Gasteiger partial charge in [0.05, 0.1) is 22.6 Å². The Balaban J connectivity index is 1.02. The molecule has 0 spiro atoms. The van der Waals surface area contributed by atoms with E-state index in [9.17, 15) is 4.39 Å². The fourth-order valence-corrected chi connectivity index (χ4v) is 8.55. The second-order valence-corrected chi connectivity index (χ2v) is 14.9. The van der Waals surface area contributed by atoms with Gasteiger partial charge in [0.2, 0.25) is 0 Å². The van der Waals surface area contributed by atoms with E-state index in [2.05, 4.69) is 140 Å². The topological polar surface area (TPSA) is 38.7 Å². The normalized spacial score (nSPS) is 11.5. The molecule has 4 heteroatoms. The average molecular weight is 756 g/mol. The number of para-hydroxylation sites is 1. The first-order valence-electron chi connectivity index (χ1n) is 19.8. The molecule has 3 nitrogen and oxygen atoms in total. The van der Waals surface area contributed by atoms with E-state index in [1.165, 1.54) is 28.5 Å². The number of rotatable bonds is 6. The van der Waals surface area contributed by atoms with Crippen LogP contribution in [0.2, 0.25) is 0 Å². The Kier molecular flexibility index (Phi) is 8.34. The smallest absolute Gasteiger partial charge is 0.160 e. The summed E-state index contributed by atoms with van der Waals surface area (Å²) < 4.78 is 14.0. The first kappa shape index (κ1) is 34.4. The summed E-state index contributed by atoms with van der Waals surface area (Å²) in [6, 6.07) is 70.3. The van der Waals surface area contributed by atoms with Gasteiger partial charge in [-0.05, 0) is 80.2 Å². The van der Waals surface area contributed by atoms with Crippen molar-refractivity contribution in [2.75, 3.05) is 0 Å². The predicted octanol–water partition coefficient (Wildman–Crippen LogP) is 14.6. The first-order valence-corrected chi connectivity index (χ1v) is 19.8. The van der Waals surface area contributed by atoms with Crippen molar-refractivity contribution in [3.05, 3.63) is 212 Å². The first-order chi connectivity index (χ1) is 29.2. The van der Waals surface area contributed by atoms with Crippen LogP contribution in [-0.2, 0) is 0 Å². The van der Waals surface area contributed by atoms with Crippen LogP contribution in [0, 0.1) is 5.82 Å². The van der Waals surface area contributed by atoms with Gasteiger partial charge in [-0.15, -0.1) is 0 Å². The molecule has 11 aromatic rings. The van der Waals surface area contributed by atoms with Crippen molar-refractivity contribution in [2.45, 2.75) is 0 Å². The molecule has 0 atom stereocenters. The highest BCUT2D eigenvalue weighted by Crippen LogP contribution is 2.43. The maximum Gasteiger partial charge on any atom is 0.160 e. The van der Waals surface area contributed by atoms with Crippen LogP contribution in [0.25, 0.3) is 111 Å². The van der Waals surface area contributed by atoms with Crippen LogP contribution in [0.3, 0.4) is 0 Å². The lowest BCUT2D eigenvalue weighted by Gasteiger charge is -2.17. The molecule has 0 N–H and O–H groups in total. The van der Waals surface area contributed by atoms with Gasteiger partial charge in [0, 0.05) is 38.4 Å². The van der Waals surface area contributed by atoms with E-state index in [0.29, 0.717) is 5.82 Å². The minimum Gasteiger partial charge on any atom is -0.247 e. The highest BCUT2D eigenvalue weighted by Gasteiger charge is 2.17. The number of hydrogen-bond donors (Lipinski definition) is 0. The second kappa shape index (κ2) is 14.3. The number of halogens is 1. The summed E-state index contributed by atoms with van der Waals surface area (Å²) in [5, 5.41) is 7.95. The Morgan fingerprint density at radius 1 is 0.305 bits per heavy atom. The van der Waals surface area contributed by atoms with Gasteiger partial charge in [-0.1, -0.05) is 170 Å². The minimum absolute atomic E-state index is 0.263. The lowest BCUT2D eigenvalue weighted by Crippen LogP contribution is -1.96. The minimum atomic E-state index is -0.263. The van der Waals surface area contributed by atoms with Crippen LogP contribution >= 0.6 is 0 Å². The molecule has 11 rings (SSSR count). The monoisotopic (exact) mass is 755 g/mol. The molecule has 0 saturated heterocycles. The number of hydrogen-bond acceptors (Lipinski definition) is 3. The highest BCUT2D eigenvalue weighted by molar-refractivity contribution is 6.24. The van der Waals surface area contributed by atoms with E-state index < -0.39 is 0 Å². The van der Waals surface area contributed by atoms with Crippen molar-refractivity contribution in [1.29, 1.82) is 0 Å². The summed E-state index contributed by atoms with van der Waals surface area (Å²) in [6.07, 6.45) is 0. The van der Waals surface area contributed by atoms with Gasteiger partial charge in [0.1, 0.15) is 5.82 Å². The summed E-state index contributed by atoms with van der Waals surface area (Å²) in [4.78, 5) is 15.2. The average Bonchev–Trinajstić information content (AvgIpc) is 3.31. The summed E-state index contributed by atoms with van der Waals surface area (Å²) in [5.74, 6) is 0.426. The third kappa shape index (κ3) is 6.10. The molecule has 9 aromatic carbocycles. The molecule has 276 valence electrons. The van der Waals surface area contributed by atoms with Gasteiger partial charge < -0.3 is 0 Å². The Labute approximate surface area is 340 Å². The van der Waals surface area contributed by atoms with Crippen molar-refractivity contribution in [3.63, 3.8) is 0 Å². The van der Waals surface area contributed by atoms with Crippen molar-refractivity contribution >= 4 is 43.2 Å². The maximum absolute atomic E-state index is 14.0. The molecule has 0 bridgehead atoms. The summed E-state index contributed by atoms with van der Waals surface area (Å²) in [7, 11) is 0. The van der Waals surface area contributed by atoms with Crippen LogP contribution < -0.4 is 0 Å². The molecule has 0 aliphatic carbocycles. The van der Waals surface area contributed by atoms with Crippen molar-refractivity contribution in [3.8, 4) is 67.4 Å². The SMILES string of the molecule is Fc1ccc(-c2nc3ccccc3c3c2ccc2c(-c4ccc(-c5ccc(-c6nc(-c7ccccc7)cc(-c7ccccc7)n6)cc5)c5ccccc45)cccc23)cc1. The fraction of sp³-hybridized carbons (Fsp3) is 0. The number of pyridine rings is 1. The molecule has 0 radical (unpaired) electrons. The summed E-state index contributed by atoms with van der Waals surface area (Å²) in [5.41, 5.74) is 12.1. The number of nitrogens with zero attached hydrogens (tertiary/aromatic N) is 3. The fourth-order valence-electron chi connectivity index (χ4n) is 8.55. The van der Waals surface area contributed by atoms with Crippen LogP contribution in [0.4, 0.5) is 4.39 Å². The molecule has 0 aliphatic rings. The molecule has 59 heavy (non-hydrogen) atoms. The van der Waals surface area contributed by atoms with E-state index in [0.717, 1.165) is 88.5 Å². The number of benzene rings is 9. The Bertz CT molecular complexity index is 3300. The molecule has 0 fully saturated rings. The zero-order valence-corrected chi connectivity index (χ0v) is 31.8. The lowest BCUT2D eigenvalue weighted by atomic mass is 9.88. The van der Waals surface area contributed by atoms with E-state index in [4.69, 9.17) is 15.0 Å². The van der Waals surface area contributed by atoms with Crippen LogP contribution in [0.1, 0.15) is 0 Å². The molecule has 2 heterocycles. The number of fused-ring (bicyclic) bond motifs is 6. The maximum atomic E-state index is 14.0. The summed E-state index contributed by atoms with van der Waals surface area (Å²) in [6.45, 7) is 0. The van der Waals surface area contributed by atoms with Crippen LogP contribution in [0.5, 0.6) is 0 Å². The zero-order chi connectivity index (χ0) is 39.3. The number of aromatic nitrogens is 3. The Morgan fingerprint density at radius 2 is 0.814 bits per heavy atom. The van der Waals surface area contributed by atoms with Crippen molar-refractivity contribution in [2.24, 2.45) is 0 Å². The molecule has 0 aliphatic heterocycles. The van der Waals surface area contributed by atoms with Gasteiger partial charge in [0.15, 0.2) is 5.82 Å². The molecule has 0 unspecified atom stereocenters. The molecule has 0 saturated carbocycles. The molecule has 0 amide bonds. The van der Waals surface area contributed by atoms with Gasteiger partial charge in [-0.3, -0.25) is 0 Å². The molecular weight excluding hydrogens is 722 g/mol. The highest BCUT2D eigenvalue weighted by atomic mass is 19.1. The third-order valence-electron chi connectivity index (χ3n) is 11.4. The third-order valence-corrected chi connectivity index (χ3v) is 11.4. The van der Waals surface area contributed by atoms with Gasteiger partial charge >= 0.3 is 0 Å². The zero-order valence-electron chi connectivity index (χ0n) is 31.8. The summed E-state index contributed by atoms with van der Waals surface area (Å²) >= 11 is 0. The van der Waals surface area contributed by atoms with Crippen molar-refractivity contribution < 1.29 is 4.39 Å². The largest absolute Gasteiger partial charge is 0.247 e. The van der Waals surface area contributed by atoms with Crippen LogP contribution in [-0.4, -0.2) is 15.0 Å². The van der Waals surface area contributed by atoms with Gasteiger partial charge in [0.25, 0.3) is 0 Å². The molecule has 2 aromatic heterocycles. The standard InChI is InChI=1S/C55H34FN3/c56-40-28-26-38(27-29-40)54-49-33-32-46-44(19-11-20-47(46)53(49)48-18-9-10-21-50(48)57-54)45-31-30-41(42-16-7-8-17-43(42)45)35-22-24-39(25-23-35)55-58-51(36-12-3-1-4-13-36)34-52(59-55)37-14-5-2-6-15-37/h1-34H. The predicted molar refractivity (Wildman–Crippen MR) is 242 cm³/mol. The lowest BCUT2D eigenvalue weighted by molar-refractivity contribution is 0.628. The van der Waals surface area contributed by atoms with E-state index in [1.54, 1.807) is 0 Å². The second-order valence-electron chi connectivity index (χ2n) is 14.9. The Hall–Kier alpha value is -7.82. The van der Waals surface area contributed by atoms with Crippen molar-refractivity contribution in [1.82, 2.24) is 15.0 Å². The van der Waals surface area contributed by atoms with Gasteiger partial charge in [-0.2, -0.15) is 0 Å². The van der Waals surface area contributed by atoms with E-state index in [1.807, 2.05) is 54.6 Å². The Morgan fingerprint density at radius 3 is 1.51 bits per heavy atom. The quantitative estimate of drug-likeness (QED) is 0.159. The van der Waals surface area contributed by atoms with Crippen LogP contribution in [0.15, 0.2) is 206 Å². The molecular formula is C55H34FN3. The van der Waals surface area contributed by atoms with E-state index >= 15 is 0 Å². The van der Waals surface area contributed by atoms with Gasteiger partial charge in [-0.25, -0.2) is 19.3 Å². The van der Waals surface area contributed by atoms with E-state index in [-0.39, 0.29) is 5.82 Å².